The fourth-order valence-electron chi connectivity index (χ4n) is 3.86. The number of nitrogens with zero attached hydrogens (tertiary/aromatic N) is 1. The topological polar surface area (TPSA) is 15.3 Å². The van der Waals surface area contributed by atoms with E-state index in [4.69, 9.17) is 0 Å². The maximum Gasteiger partial charge on any atom is 0.0264 e. The number of hydrogen-bond acceptors (Lipinski definition) is 3. The lowest BCUT2D eigenvalue weighted by atomic mass is 9.89. The molecule has 4 unspecified atom stereocenters. The number of rotatable bonds is 1. The first kappa shape index (κ1) is 11.4. The predicted octanol–water partition coefficient (Wildman–Crippen LogP) is 1.95. The Labute approximate surface area is 104 Å². The molecule has 2 nitrogen and oxygen atoms in total. The number of fused-ring (bicyclic) bond motifs is 1. The van der Waals surface area contributed by atoms with Gasteiger partial charge in [-0.25, -0.2) is 0 Å². The van der Waals surface area contributed by atoms with Crippen molar-refractivity contribution in [2.75, 3.05) is 25.4 Å². The van der Waals surface area contributed by atoms with Crippen LogP contribution in [0.3, 0.4) is 0 Å². The molecule has 3 saturated heterocycles. The summed E-state index contributed by atoms with van der Waals surface area (Å²) in [7, 11) is 0. The van der Waals surface area contributed by atoms with E-state index in [9.17, 15) is 0 Å². The van der Waals surface area contributed by atoms with Crippen LogP contribution in [-0.2, 0) is 0 Å². The van der Waals surface area contributed by atoms with Gasteiger partial charge in [0.15, 0.2) is 0 Å². The van der Waals surface area contributed by atoms with Crippen LogP contribution in [0.25, 0.3) is 0 Å². The van der Waals surface area contributed by atoms with Crippen LogP contribution in [-0.4, -0.2) is 47.6 Å². The molecule has 1 N–H and O–H groups in total. The van der Waals surface area contributed by atoms with Gasteiger partial charge in [-0.05, 0) is 50.4 Å². The van der Waals surface area contributed by atoms with Crippen LogP contribution < -0.4 is 5.32 Å². The normalized spacial score (nSPS) is 45.6. The zero-order valence-corrected chi connectivity index (χ0v) is 11.1. The van der Waals surface area contributed by atoms with E-state index in [0.717, 1.165) is 23.3 Å². The van der Waals surface area contributed by atoms with Crippen molar-refractivity contribution in [2.45, 2.75) is 49.9 Å². The highest BCUT2D eigenvalue weighted by Crippen LogP contribution is 2.35. The third-order valence-corrected chi connectivity index (χ3v) is 6.08. The Morgan fingerprint density at radius 2 is 2.06 bits per heavy atom. The van der Waals surface area contributed by atoms with E-state index in [0.29, 0.717) is 0 Å². The third kappa shape index (κ3) is 2.02. The number of likely N-dealkylation sites (tertiary alicyclic amines) is 1. The fourth-order valence-corrected chi connectivity index (χ4v) is 5.08. The zero-order chi connectivity index (χ0) is 11.0. The van der Waals surface area contributed by atoms with Crippen molar-refractivity contribution in [2.24, 2.45) is 5.92 Å². The summed E-state index contributed by atoms with van der Waals surface area (Å²) in [6, 6.07) is 1.73. The van der Waals surface area contributed by atoms with E-state index in [-0.39, 0.29) is 0 Å². The van der Waals surface area contributed by atoms with Gasteiger partial charge < -0.3 is 5.32 Å². The van der Waals surface area contributed by atoms with Crippen molar-refractivity contribution in [3.63, 3.8) is 0 Å². The second-order valence-electron chi connectivity index (χ2n) is 5.65. The van der Waals surface area contributed by atoms with E-state index in [1.807, 2.05) is 0 Å². The van der Waals surface area contributed by atoms with Gasteiger partial charge >= 0.3 is 0 Å². The zero-order valence-electron chi connectivity index (χ0n) is 10.3. The fraction of sp³-hybridized carbons (Fsp3) is 1.00. The van der Waals surface area contributed by atoms with E-state index >= 15 is 0 Å². The monoisotopic (exact) mass is 240 g/mol. The van der Waals surface area contributed by atoms with Gasteiger partial charge in [0.05, 0.1) is 0 Å². The lowest BCUT2D eigenvalue weighted by Crippen LogP contribution is -2.54. The molecule has 0 aromatic rings. The Hall–Kier alpha value is 0.270. The Morgan fingerprint density at radius 1 is 1.12 bits per heavy atom. The summed E-state index contributed by atoms with van der Waals surface area (Å²) in [4.78, 5) is 2.87. The number of thioether (sulfide) groups is 1. The lowest BCUT2D eigenvalue weighted by Gasteiger charge is -2.46. The van der Waals surface area contributed by atoms with Gasteiger partial charge in [0, 0.05) is 23.9 Å². The molecule has 3 heteroatoms. The molecule has 3 aliphatic rings. The molecule has 0 aromatic heterocycles. The average Bonchev–Trinajstić information content (AvgIpc) is 2.77. The van der Waals surface area contributed by atoms with E-state index in [1.165, 1.54) is 51.1 Å². The summed E-state index contributed by atoms with van der Waals surface area (Å²) >= 11 is 2.19. The largest absolute Gasteiger partial charge is 0.315 e. The van der Waals surface area contributed by atoms with Gasteiger partial charge in [0.1, 0.15) is 0 Å². The van der Waals surface area contributed by atoms with Gasteiger partial charge in [-0.1, -0.05) is 6.92 Å². The number of nitrogens with one attached hydrogen (secondary N) is 1. The van der Waals surface area contributed by atoms with Gasteiger partial charge in [-0.2, -0.15) is 11.8 Å². The lowest BCUT2D eigenvalue weighted by molar-refractivity contribution is 0.0713. The molecular formula is C13H24N2S. The SMILES string of the molecule is CC1SCCCC1N1CCCC2CNCC21. The van der Waals surface area contributed by atoms with Crippen LogP contribution in [0.15, 0.2) is 0 Å². The van der Waals surface area contributed by atoms with Crippen LogP contribution >= 0.6 is 11.8 Å². The van der Waals surface area contributed by atoms with Crippen LogP contribution in [0.2, 0.25) is 0 Å². The molecular weight excluding hydrogens is 216 g/mol. The Kier molecular flexibility index (Phi) is 3.46. The third-order valence-electron chi connectivity index (χ3n) is 4.71. The molecule has 92 valence electrons. The summed E-state index contributed by atoms with van der Waals surface area (Å²) in [6.45, 7) is 6.33. The van der Waals surface area contributed by atoms with Crippen LogP contribution in [0, 0.1) is 5.92 Å². The predicted molar refractivity (Wildman–Crippen MR) is 71.0 cm³/mol. The summed E-state index contributed by atoms with van der Waals surface area (Å²) in [6.07, 6.45) is 5.76. The smallest absolute Gasteiger partial charge is 0.0264 e. The highest BCUT2D eigenvalue weighted by Gasteiger charge is 2.40. The summed E-state index contributed by atoms with van der Waals surface area (Å²) in [5, 5.41) is 4.45. The molecule has 16 heavy (non-hydrogen) atoms. The van der Waals surface area contributed by atoms with Crippen LogP contribution in [0.4, 0.5) is 0 Å². The first-order valence-corrected chi connectivity index (χ1v) is 7.99. The van der Waals surface area contributed by atoms with Crippen molar-refractivity contribution in [3.8, 4) is 0 Å². The van der Waals surface area contributed by atoms with Gasteiger partial charge in [-0.15, -0.1) is 0 Å². The van der Waals surface area contributed by atoms with Crippen molar-refractivity contribution in [1.29, 1.82) is 0 Å². The summed E-state index contributed by atoms with van der Waals surface area (Å²) < 4.78 is 0. The summed E-state index contributed by atoms with van der Waals surface area (Å²) in [5.41, 5.74) is 0. The first-order valence-electron chi connectivity index (χ1n) is 6.94. The van der Waals surface area contributed by atoms with Gasteiger partial charge in [-0.3, -0.25) is 4.90 Å². The second kappa shape index (κ2) is 4.87. The van der Waals surface area contributed by atoms with Crippen molar-refractivity contribution >= 4 is 11.8 Å². The molecule has 0 radical (unpaired) electrons. The Balaban J connectivity index is 1.71. The molecule has 3 rings (SSSR count). The molecule has 3 aliphatic heterocycles. The molecule has 3 heterocycles. The minimum absolute atomic E-state index is 0.855. The molecule has 0 spiro atoms. The van der Waals surface area contributed by atoms with Crippen LogP contribution in [0.5, 0.6) is 0 Å². The van der Waals surface area contributed by atoms with E-state index < -0.39 is 0 Å². The summed E-state index contributed by atoms with van der Waals surface area (Å²) in [5.74, 6) is 2.34. The Morgan fingerprint density at radius 3 is 2.94 bits per heavy atom. The average molecular weight is 240 g/mol. The van der Waals surface area contributed by atoms with Crippen molar-refractivity contribution in [1.82, 2.24) is 10.2 Å². The highest BCUT2D eigenvalue weighted by atomic mass is 32.2. The maximum atomic E-state index is 3.60. The van der Waals surface area contributed by atoms with Crippen molar-refractivity contribution < 1.29 is 0 Å². The van der Waals surface area contributed by atoms with Gasteiger partial charge in [0.25, 0.3) is 0 Å². The molecule has 4 atom stereocenters. The molecule has 0 aromatic carbocycles. The second-order valence-corrected chi connectivity index (χ2v) is 7.14. The minimum Gasteiger partial charge on any atom is -0.315 e. The number of piperidine rings is 1. The van der Waals surface area contributed by atoms with E-state index in [2.05, 4.69) is 28.9 Å². The molecule has 3 fully saturated rings. The Bertz CT molecular complexity index is 246. The quantitative estimate of drug-likeness (QED) is 0.754. The maximum absolute atomic E-state index is 3.60. The standard InChI is InChI=1S/C13H24N2S/c1-10-12(5-3-7-16-10)15-6-2-4-11-8-14-9-13(11)15/h10-14H,2-9H2,1H3. The molecule has 0 aliphatic carbocycles. The highest BCUT2D eigenvalue weighted by molar-refractivity contribution is 7.99. The van der Waals surface area contributed by atoms with Crippen molar-refractivity contribution in [3.05, 3.63) is 0 Å². The van der Waals surface area contributed by atoms with E-state index in [1.54, 1.807) is 0 Å². The molecule has 0 bridgehead atoms. The minimum atomic E-state index is 0.855. The van der Waals surface area contributed by atoms with Crippen LogP contribution in [0.1, 0.15) is 32.6 Å². The first-order chi connectivity index (χ1) is 7.86. The van der Waals surface area contributed by atoms with Gasteiger partial charge in [0.2, 0.25) is 0 Å². The molecule has 0 saturated carbocycles. The number of hydrogen-bond donors (Lipinski definition) is 1. The molecule has 0 amide bonds.